The quantitative estimate of drug-likeness (QED) is 0.334. The summed E-state index contributed by atoms with van der Waals surface area (Å²) in [5, 5.41) is 4.05. The molecule has 0 aliphatic heterocycles. The highest BCUT2D eigenvalue weighted by atomic mass is 32.2. The molecule has 154 valence electrons. The zero-order valence-electron chi connectivity index (χ0n) is 16.6. The second-order valence-corrected chi connectivity index (χ2v) is 8.50. The first-order valence-electron chi connectivity index (χ1n) is 9.32. The number of fused-ring (bicyclic) bond motifs is 2. The van der Waals surface area contributed by atoms with E-state index in [0.29, 0.717) is 26.2 Å². The highest BCUT2D eigenvalue weighted by Gasteiger charge is 2.23. The predicted molar refractivity (Wildman–Crippen MR) is 118 cm³/mol. The summed E-state index contributed by atoms with van der Waals surface area (Å²) in [4.78, 5) is 35.1. The maximum atomic E-state index is 12.7. The van der Waals surface area contributed by atoms with Crippen molar-refractivity contribution in [1.82, 2.24) is 9.97 Å². The first-order valence-corrected chi connectivity index (χ1v) is 11.1. The number of amides is 1. The summed E-state index contributed by atoms with van der Waals surface area (Å²) in [6.07, 6.45) is 0. The van der Waals surface area contributed by atoms with Crippen molar-refractivity contribution in [3.05, 3.63) is 46.5 Å². The summed E-state index contributed by atoms with van der Waals surface area (Å²) >= 11 is 2.42. The molecule has 0 saturated heterocycles. The normalized spacial score (nSPS) is 11.2. The molecule has 0 saturated carbocycles. The molecule has 0 atom stereocenters. The number of rotatable bonds is 6. The molecule has 1 amide bonds. The zero-order chi connectivity index (χ0) is 21.3. The number of carbonyl (C=O) groups excluding carboxylic acids is 2. The smallest absolute Gasteiger partial charge is 0.350 e. The Hall–Kier alpha value is -2.91. The average molecular weight is 442 g/mol. The lowest BCUT2D eigenvalue weighted by atomic mass is 10.1. The Kier molecular flexibility index (Phi) is 5.74. The maximum absolute atomic E-state index is 12.7. The van der Waals surface area contributed by atoms with E-state index in [4.69, 9.17) is 9.15 Å². The van der Waals surface area contributed by atoms with E-state index in [1.54, 1.807) is 6.92 Å². The summed E-state index contributed by atoms with van der Waals surface area (Å²) in [6.45, 7) is 5.82. The Morgan fingerprint density at radius 3 is 2.80 bits per heavy atom. The fourth-order valence-corrected chi connectivity index (χ4v) is 4.90. The summed E-state index contributed by atoms with van der Waals surface area (Å²) < 4.78 is 10.8. The van der Waals surface area contributed by atoms with Crippen LogP contribution in [0.4, 0.5) is 5.69 Å². The lowest BCUT2D eigenvalue weighted by molar-refractivity contribution is -0.113. The molecule has 7 nitrogen and oxygen atoms in total. The maximum Gasteiger partial charge on any atom is 0.350 e. The molecule has 0 unspecified atom stereocenters. The number of pyridine rings is 1. The molecule has 0 spiro atoms. The van der Waals surface area contributed by atoms with Gasteiger partial charge in [0.2, 0.25) is 5.91 Å². The van der Waals surface area contributed by atoms with Gasteiger partial charge in [-0.15, -0.1) is 11.3 Å². The van der Waals surface area contributed by atoms with Gasteiger partial charge in [-0.1, -0.05) is 23.9 Å². The molecule has 3 heterocycles. The van der Waals surface area contributed by atoms with Crippen LogP contribution >= 0.6 is 23.1 Å². The first-order chi connectivity index (χ1) is 14.5. The van der Waals surface area contributed by atoms with Crippen LogP contribution in [0.5, 0.6) is 0 Å². The number of hydrogen-bond donors (Lipinski definition) is 1. The Morgan fingerprint density at radius 2 is 2.03 bits per heavy atom. The zero-order valence-corrected chi connectivity index (χ0v) is 18.3. The van der Waals surface area contributed by atoms with Gasteiger partial charge >= 0.3 is 5.97 Å². The van der Waals surface area contributed by atoms with Crippen molar-refractivity contribution in [2.24, 2.45) is 0 Å². The van der Waals surface area contributed by atoms with Gasteiger partial charge in [0.05, 0.1) is 18.0 Å². The van der Waals surface area contributed by atoms with Crippen LogP contribution in [-0.4, -0.2) is 34.2 Å². The molecule has 0 fully saturated rings. The van der Waals surface area contributed by atoms with Crippen LogP contribution in [0.15, 0.2) is 40.0 Å². The van der Waals surface area contributed by atoms with E-state index in [2.05, 4.69) is 15.3 Å². The predicted octanol–water partition coefficient (Wildman–Crippen LogP) is 4.96. The van der Waals surface area contributed by atoms with Gasteiger partial charge in [0.15, 0.2) is 5.58 Å². The Morgan fingerprint density at radius 1 is 1.23 bits per heavy atom. The van der Waals surface area contributed by atoms with Gasteiger partial charge < -0.3 is 14.5 Å². The number of aryl methyl sites for hydroxylation is 2. The Balaban J connectivity index is 1.58. The van der Waals surface area contributed by atoms with Crippen LogP contribution < -0.4 is 5.32 Å². The van der Waals surface area contributed by atoms with E-state index < -0.39 is 5.97 Å². The van der Waals surface area contributed by atoms with Gasteiger partial charge in [-0.25, -0.2) is 14.8 Å². The minimum atomic E-state index is -0.473. The standard InChI is InChI=1S/C21H19N3O4S2/c1-4-27-20(26)18-17(16-11(2)9-12(3)22-19(16)30-18)24-15(25)10-29-21-23-13-7-5-6-8-14(13)28-21/h5-9H,4,10H2,1-3H3,(H,24,25). The number of anilines is 1. The second-order valence-electron chi connectivity index (χ2n) is 6.57. The van der Waals surface area contributed by atoms with Crippen molar-refractivity contribution in [2.75, 3.05) is 17.7 Å². The molecule has 4 rings (SSSR count). The first kappa shape index (κ1) is 20.4. The molecule has 30 heavy (non-hydrogen) atoms. The number of nitrogens with one attached hydrogen (secondary N) is 1. The number of thiophene rings is 1. The number of para-hydroxylation sites is 2. The molecule has 0 aliphatic carbocycles. The molecule has 9 heteroatoms. The summed E-state index contributed by atoms with van der Waals surface area (Å²) in [6, 6.07) is 9.35. The summed E-state index contributed by atoms with van der Waals surface area (Å²) in [7, 11) is 0. The van der Waals surface area contributed by atoms with Crippen LogP contribution in [0.2, 0.25) is 0 Å². The third-order valence-corrected chi connectivity index (χ3v) is 6.21. The number of esters is 1. The minimum Gasteiger partial charge on any atom is -0.462 e. The minimum absolute atomic E-state index is 0.0881. The van der Waals surface area contributed by atoms with Gasteiger partial charge in [0.25, 0.3) is 5.22 Å². The van der Waals surface area contributed by atoms with E-state index in [-0.39, 0.29) is 18.3 Å². The molecule has 1 N–H and O–H groups in total. The fourth-order valence-electron chi connectivity index (χ4n) is 3.12. The molecule has 0 radical (unpaired) electrons. The number of oxazole rings is 1. The molecule has 4 aromatic rings. The van der Waals surface area contributed by atoms with E-state index in [1.165, 1.54) is 23.1 Å². The Labute approximate surface area is 180 Å². The highest BCUT2D eigenvalue weighted by molar-refractivity contribution is 7.99. The number of aromatic nitrogens is 2. The van der Waals surface area contributed by atoms with Crippen molar-refractivity contribution in [1.29, 1.82) is 0 Å². The number of hydrogen-bond acceptors (Lipinski definition) is 8. The monoisotopic (exact) mass is 441 g/mol. The third-order valence-electron chi connectivity index (χ3n) is 4.31. The van der Waals surface area contributed by atoms with Gasteiger partial charge in [-0.2, -0.15) is 0 Å². The van der Waals surface area contributed by atoms with Crippen molar-refractivity contribution >= 4 is 62.0 Å². The lowest BCUT2D eigenvalue weighted by Gasteiger charge is -2.08. The number of thioether (sulfide) groups is 1. The van der Waals surface area contributed by atoms with Crippen molar-refractivity contribution in [3.63, 3.8) is 0 Å². The van der Waals surface area contributed by atoms with Gasteiger partial charge in [0.1, 0.15) is 15.2 Å². The molecular weight excluding hydrogens is 422 g/mol. The van der Waals surface area contributed by atoms with E-state index in [1.807, 2.05) is 44.2 Å². The topological polar surface area (TPSA) is 94.3 Å². The fraction of sp³-hybridized carbons (Fsp3) is 0.238. The van der Waals surface area contributed by atoms with Gasteiger partial charge in [-0.3, -0.25) is 4.79 Å². The number of carbonyl (C=O) groups is 2. The van der Waals surface area contributed by atoms with Crippen LogP contribution in [-0.2, 0) is 9.53 Å². The van der Waals surface area contributed by atoms with Crippen LogP contribution in [0.3, 0.4) is 0 Å². The van der Waals surface area contributed by atoms with Crippen molar-refractivity contribution < 1.29 is 18.7 Å². The summed E-state index contributed by atoms with van der Waals surface area (Å²) in [5.41, 5.74) is 3.64. The molecular formula is C21H19N3O4S2. The number of benzene rings is 1. The van der Waals surface area contributed by atoms with Crippen molar-refractivity contribution in [3.8, 4) is 0 Å². The molecule has 1 aromatic carbocycles. The number of ether oxygens (including phenoxy) is 1. The largest absolute Gasteiger partial charge is 0.462 e. The van der Waals surface area contributed by atoms with Crippen LogP contribution in [0, 0.1) is 13.8 Å². The summed E-state index contributed by atoms with van der Waals surface area (Å²) in [5.74, 6) is -0.656. The van der Waals surface area contributed by atoms with Crippen LogP contribution in [0.25, 0.3) is 21.3 Å². The third kappa shape index (κ3) is 4.03. The van der Waals surface area contributed by atoms with E-state index >= 15 is 0 Å². The Bertz CT molecular complexity index is 1230. The van der Waals surface area contributed by atoms with E-state index in [0.717, 1.165) is 22.2 Å². The van der Waals surface area contributed by atoms with Crippen molar-refractivity contribution in [2.45, 2.75) is 26.0 Å². The van der Waals surface area contributed by atoms with Gasteiger partial charge in [-0.05, 0) is 44.5 Å². The van der Waals surface area contributed by atoms with Gasteiger partial charge in [0, 0.05) is 11.1 Å². The lowest BCUT2D eigenvalue weighted by Crippen LogP contribution is -2.16. The second kappa shape index (κ2) is 8.45. The van der Waals surface area contributed by atoms with Crippen LogP contribution in [0.1, 0.15) is 27.9 Å². The molecule has 0 bridgehead atoms. The number of nitrogens with zero attached hydrogens (tertiary/aromatic N) is 2. The van der Waals surface area contributed by atoms with E-state index in [9.17, 15) is 9.59 Å². The highest BCUT2D eigenvalue weighted by Crippen LogP contribution is 2.38. The average Bonchev–Trinajstić information content (AvgIpc) is 3.27. The SMILES string of the molecule is CCOC(=O)c1sc2nc(C)cc(C)c2c1NC(=O)CSc1nc2ccccc2o1. The molecule has 3 aromatic heterocycles. The molecule has 0 aliphatic rings.